The Kier molecular flexibility index (Phi) is 2.30. The summed E-state index contributed by atoms with van der Waals surface area (Å²) in [6.45, 7) is 6.88. The van der Waals surface area contributed by atoms with Gasteiger partial charge in [-0.15, -0.1) is 0 Å². The summed E-state index contributed by atoms with van der Waals surface area (Å²) in [4.78, 5) is 0. The van der Waals surface area contributed by atoms with E-state index in [1.807, 2.05) is 13.0 Å². The molecule has 2 rings (SSSR count). The zero-order valence-electron chi connectivity index (χ0n) is 8.38. The average molecular weight is 189 g/mol. The molecule has 0 bridgehead atoms. The smallest absolute Gasteiger partial charge is 0.119 e. The van der Waals surface area contributed by atoms with Crippen LogP contribution in [0.1, 0.15) is 24.1 Å². The van der Waals surface area contributed by atoms with Crippen molar-refractivity contribution in [2.75, 3.05) is 6.54 Å². The van der Waals surface area contributed by atoms with Crippen LogP contribution in [-0.4, -0.2) is 11.7 Å². The predicted molar refractivity (Wildman–Crippen MR) is 57.4 cm³/mol. The van der Waals surface area contributed by atoms with Gasteiger partial charge in [0.2, 0.25) is 0 Å². The molecule has 2 N–H and O–H groups in total. The second-order valence-electron chi connectivity index (χ2n) is 3.83. The third kappa shape index (κ3) is 1.42. The molecule has 0 aliphatic carbocycles. The van der Waals surface area contributed by atoms with E-state index in [0.717, 1.165) is 24.1 Å². The van der Waals surface area contributed by atoms with Gasteiger partial charge in [-0.25, -0.2) is 0 Å². The molecular formula is C12H15NO. The number of benzene rings is 1. The van der Waals surface area contributed by atoms with E-state index in [9.17, 15) is 5.11 Å². The number of hydrogen-bond acceptors (Lipinski definition) is 2. The van der Waals surface area contributed by atoms with Gasteiger partial charge in [0.25, 0.3) is 0 Å². The lowest BCUT2D eigenvalue weighted by molar-refractivity contribution is 0.455. The Bertz CT molecular complexity index is 371. The topological polar surface area (TPSA) is 32.3 Å². The molecule has 1 aromatic rings. The highest BCUT2D eigenvalue weighted by Crippen LogP contribution is 2.32. The van der Waals surface area contributed by atoms with E-state index < -0.39 is 0 Å². The molecular weight excluding hydrogens is 174 g/mol. The van der Waals surface area contributed by atoms with Crippen molar-refractivity contribution in [3.63, 3.8) is 0 Å². The quantitative estimate of drug-likeness (QED) is 0.663. The van der Waals surface area contributed by atoms with E-state index in [2.05, 4.69) is 18.0 Å². The molecule has 14 heavy (non-hydrogen) atoms. The van der Waals surface area contributed by atoms with Gasteiger partial charge in [0, 0.05) is 12.1 Å². The van der Waals surface area contributed by atoms with Gasteiger partial charge in [-0.3, -0.25) is 0 Å². The molecule has 0 amide bonds. The molecule has 0 spiro atoms. The number of hydrogen-bond donors (Lipinski definition) is 2. The molecule has 1 heterocycles. The van der Waals surface area contributed by atoms with Gasteiger partial charge in [-0.1, -0.05) is 24.3 Å². The van der Waals surface area contributed by atoms with Gasteiger partial charge in [-0.2, -0.15) is 0 Å². The van der Waals surface area contributed by atoms with Crippen LogP contribution in [0.5, 0.6) is 5.75 Å². The first-order chi connectivity index (χ1) is 6.70. The fraction of sp³-hybridized carbons (Fsp3) is 0.333. The molecule has 0 fully saturated rings. The van der Waals surface area contributed by atoms with Gasteiger partial charge in [0.1, 0.15) is 5.75 Å². The minimum Gasteiger partial charge on any atom is -0.508 e. The monoisotopic (exact) mass is 189 g/mol. The molecule has 1 aliphatic heterocycles. The maximum atomic E-state index is 9.70. The molecule has 1 unspecified atom stereocenters. The van der Waals surface area contributed by atoms with Crippen LogP contribution in [0.4, 0.5) is 0 Å². The molecule has 0 saturated carbocycles. The lowest BCUT2D eigenvalue weighted by Gasteiger charge is -2.27. The van der Waals surface area contributed by atoms with Gasteiger partial charge in [0.05, 0.1) is 6.04 Å². The van der Waals surface area contributed by atoms with Crippen LogP contribution in [0.2, 0.25) is 0 Å². The van der Waals surface area contributed by atoms with Crippen molar-refractivity contribution in [1.82, 2.24) is 5.32 Å². The minimum atomic E-state index is 0.200. The van der Waals surface area contributed by atoms with Crippen LogP contribution >= 0.6 is 0 Å². The van der Waals surface area contributed by atoms with Crippen LogP contribution in [-0.2, 0) is 6.42 Å². The first kappa shape index (κ1) is 9.28. The van der Waals surface area contributed by atoms with Crippen molar-refractivity contribution in [1.29, 1.82) is 0 Å². The van der Waals surface area contributed by atoms with Gasteiger partial charge >= 0.3 is 0 Å². The number of rotatable bonds is 1. The standard InChI is InChI=1S/C12H15NO/c1-8(2)12-10-4-3-5-11(14)9(10)6-7-13-12/h3-5,12-14H,1,6-7H2,2H3. The first-order valence-corrected chi connectivity index (χ1v) is 4.89. The highest BCUT2D eigenvalue weighted by molar-refractivity contribution is 5.44. The second kappa shape index (κ2) is 3.46. The Hall–Kier alpha value is -1.28. The van der Waals surface area contributed by atoms with E-state index in [1.54, 1.807) is 6.07 Å². The van der Waals surface area contributed by atoms with Crippen molar-refractivity contribution in [2.45, 2.75) is 19.4 Å². The number of phenols is 1. The summed E-state index contributed by atoms with van der Waals surface area (Å²) in [5.74, 6) is 0.412. The molecule has 0 aromatic heterocycles. The molecule has 0 radical (unpaired) electrons. The minimum absolute atomic E-state index is 0.200. The molecule has 1 atom stereocenters. The summed E-state index contributed by atoms with van der Waals surface area (Å²) in [5, 5.41) is 13.1. The number of fused-ring (bicyclic) bond motifs is 1. The number of nitrogens with one attached hydrogen (secondary N) is 1. The zero-order valence-corrected chi connectivity index (χ0v) is 8.38. The Morgan fingerprint density at radius 1 is 1.57 bits per heavy atom. The summed E-state index contributed by atoms with van der Waals surface area (Å²) in [7, 11) is 0. The lowest BCUT2D eigenvalue weighted by Crippen LogP contribution is -2.30. The average Bonchev–Trinajstić information content (AvgIpc) is 2.17. The zero-order chi connectivity index (χ0) is 10.1. The van der Waals surface area contributed by atoms with Crippen molar-refractivity contribution in [2.24, 2.45) is 0 Å². The van der Waals surface area contributed by atoms with Crippen molar-refractivity contribution in [3.8, 4) is 5.75 Å². The normalized spacial score (nSPS) is 20.2. The highest BCUT2D eigenvalue weighted by Gasteiger charge is 2.21. The fourth-order valence-corrected chi connectivity index (χ4v) is 2.03. The summed E-state index contributed by atoms with van der Waals surface area (Å²) in [6.07, 6.45) is 0.895. The lowest BCUT2D eigenvalue weighted by atomic mass is 9.90. The van der Waals surface area contributed by atoms with E-state index >= 15 is 0 Å². The molecule has 2 nitrogen and oxygen atoms in total. The Morgan fingerprint density at radius 3 is 3.07 bits per heavy atom. The van der Waals surface area contributed by atoms with Gasteiger partial charge in [0.15, 0.2) is 0 Å². The Labute approximate surface area is 84.3 Å². The Balaban J connectivity index is 2.49. The maximum Gasteiger partial charge on any atom is 0.119 e. The predicted octanol–water partition coefficient (Wildman–Crippen LogP) is 2.16. The van der Waals surface area contributed by atoms with Crippen LogP contribution in [0.25, 0.3) is 0 Å². The third-order valence-corrected chi connectivity index (χ3v) is 2.71. The largest absolute Gasteiger partial charge is 0.508 e. The van der Waals surface area contributed by atoms with Crippen LogP contribution < -0.4 is 5.32 Å². The van der Waals surface area contributed by atoms with E-state index in [4.69, 9.17) is 0 Å². The summed E-state index contributed by atoms with van der Waals surface area (Å²) in [5.41, 5.74) is 3.33. The maximum absolute atomic E-state index is 9.70. The van der Waals surface area contributed by atoms with E-state index in [0.29, 0.717) is 5.75 Å². The van der Waals surface area contributed by atoms with Crippen molar-refractivity contribution in [3.05, 3.63) is 41.5 Å². The van der Waals surface area contributed by atoms with E-state index in [-0.39, 0.29) is 6.04 Å². The van der Waals surface area contributed by atoms with Crippen LogP contribution in [0, 0.1) is 0 Å². The third-order valence-electron chi connectivity index (χ3n) is 2.71. The van der Waals surface area contributed by atoms with Crippen molar-refractivity contribution >= 4 is 0 Å². The van der Waals surface area contributed by atoms with Gasteiger partial charge < -0.3 is 10.4 Å². The van der Waals surface area contributed by atoms with Gasteiger partial charge in [-0.05, 0) is 25.0 Å². The SMILES string of the molecule is C=C(C)C1NCCc2c(O)cccc21. The number of phenolic OH excluding ortho intramolecular Hbond substituents is 1. The van der Waals surface area contributed by atoms with Crippen LogP contribution in [0.3, 0.4) is 0 Å². The molecule has 1 aliphatic rings. The summed E-state index contributed by atoms with van der Waals surface area (Å²) >= 11 is 0. The first-order valence-electron chi connectivity index (χ1n) is 4.89. The summed E-state index contributed by atoms with van der Waals surface area (Å²) < 4.78 is 0. The highest BCUT2D eigenvalue weighted by atomic mass is 16.3. The Morgan fingerprint density at radius 2 is 2.36 bits per heavy atom. The number of aromatic hydroxyl groups is 1. The molecule has 1 aromatic carbocycles. The second-order valence-corrected chi connectivity index (χ2v) is 3.83. The molecule has 0 saturated heterocycles. The fourth-order valence-electron chi connectivity index (χ4n) is 2.03. The van der Waals surface area contributed by atoms with Crippen LogP contribution in [0.15, 0.2) is 30.4 Å². The van der Waals surface area contributed by atoms with E-state index in [1.165, 1.54) is 5.56 Å². The molecule has 74 valence electrons. The van der Waals surface area contributed by atoms with Crippen molar-refractivity contribution < 1.29 is 5.11 Å². The molecule has 2 heteroatoms. The summed E-state index contributed by atoms with van der Waals surface area (Å²) in [6, 6.07) is 5.89.